The first kappa shape index (κ1) is 18.9. The molecule has 2 N–H and O–H groups in total. The molecular weight excluding hydrogens is 388 g/mol. The molecule has 3 aromatic rings. The van der Waals surface area contributed by atoms with Crippen molar-refractivity contribution >= 4 is 33.1 Å². The van der Waals surface area contributed by atoms with Crippen molar-refractivity contribution in [3.8, 4) is 0 Å². The van der Waals surface area contributed by atoms with Crippen molar-refractivity contribution in [2.75, 3.05) is 39.4 Å². The summed E-state index contributed by atoms with van der Waals surface area (Å²) in [7, 11) is 0. The number of amides is 1. The summed E-state index contributed by atoms with van der Waals surface area (Å²) >= 11 is 1.76. The van der Waals surface area contributed by atoms with Gasteiger partial charge in [0.1, 0.15) is 24.2 Å². The van der Waals surface area contributed by atoms with Gasteiger partial charge < -0.3 is 15.0 Å². The molecule has 1 fully saturated rings. The van der Waals surface area contributed by atoms with Gasteiger partial charge in [-0.05, 0) is 30.7 Å². The number of hydrogen-bond donors (Lipinski definition) is 2. The summed E-state index contributed by atoms with van der Waals surface area (Å²) in [4.78, 5) is 25.8. The van der Waals surface area contributed by atoms with E-state index in [1.807, 2.05) is 0 Å². The summed E-state index contributed by atoms with van der Waals surface area (Å²) in [6, 6.07) is 0. The standard InChI is InChI=1S/C20H26N6O2S/c1-13-4-2-5-14-15(13)16-18-23-17(24-26(18)12-22-20(16)29-14)19(27)21-6-3-7-25-8-10-28-11-9-25/h12-13H,2-11H2,1H3,(H,21,27)/p+1/t13-/m1/s1. The number of quaternary nitrogens is 1. The Balaban J connectivity index is 1.32. The van der Waals surface area contributed by atoms with Crippen molar-refractivity contribution in [2.45, 2.75) is 38.5 Å². The Morgan fingerprint density at radius 1 is 1.41 bits per heavy atom. The molecule has 8 nitrogen and oxygen atoms in total. The molecule has 0 bridgehead atoms. The van der Waals surface area contributed by atoms with Gasteiger partial charge in [0.15, 0.2) is 5.65 Å². The minimum Gasteiger partial charge on any atom is -0.370 e. The SMILES string of the molecule is C[C@@H]1CCCc2sc3ncn4nc(C(=O)NCCC[NH+]5CCOCC5)nc4c3c21. The predicted octanol–water partition coefficient (Wildman–Crippen LogP) is 0.814. The molecule has 1 aliphatic carbocycles. The topological polar surface area (TPSA) is 85.9 Å². The van der Waals surface area contributed by atoms with Crippen molar-refractivity contribution < 1.29 is 14.4 Å². The molecular formula is C20H27N6O2S+. The number of ether oxygens (including phenoxy) is 1. The van der Waals surface area contributed by atoms with Crippen molar-refractivity contribution in [1.29, 1.82) is 0 Å². The van der Waals surface area contributed by atoms with Crippen LogP contribution in [0.15, 0.2) is 6.33 Å². The molecule has 0 unspecified atom stereocenters. The van der Waals surface area contributed by atoms with Crippen molar-refractivity contribution in [3.63, 3.8) is 0 Å². The third-order valence-corrected chi connectivity index (χ3v) is 7.25. The Bertz CT molecular complexity index is 1040. The van der Waals surface area contributed by atoms with Crippen LogP contribution in [0, 0.1) is 0 Å². The van der Waals surface area contributed by atoms with E-state index < -0.39 is 0 Å². The number of hydrogen-bond acceptors (Lipinski definition) is 6. The molecule has 29 heavy (non-hydrogen) atoms. The first-order valence-corrected chi connectivity index (χ1v) is 11.4. The minimum absolute atomic E-state index is 0.212. The van der Waals surface area contributed by atoms with E-state index in [1.165, 1.54) is 23.3 Å². The second kappa shape index (κ2) is 7.97. The smallest absolute Gasteiger partial charge is 0.290 e. The fourth-order valence-corrected chi connectivity index (χ4v) is 5.81. The van der Waals surface area contributed by atoms with E-state index in [0.717, 1.165) is 61.6 Å². The average molecular weight is 416 g/mol. The van der Waals surface area contributed by atoms with Crippen LogP contribution in [0.1, 0.15) is 53.2 Å². The molecule has 1 atom stereocenters. The molecule has 0 saturated carbocycles. The molecule has 154 valence electrons. The van der Waals surface area contributed by atoms with Crippen LogP contribution in [0.4, 0.5) is 0 Å². The Hall–Kier alpha value is -2.10. The second-order valence-electron chi connectivity index (χ2n) is 8.08. The summed E-state index contributed by atoms with van der Waals surface area (Å²) in [6.45, 7) is 7.72. The predicted molar refractivity (Wildman–Crippen MR) is 111 cm³/mol. The highest BCUT2D eigenvalue weighted by Gasteiger charge is 2.26. The summed E-state index contributed by atoms with van der Waals surface area (Å²) in [5.74, 6) is 0.509. The van der Waals surface area contributed by atoms with Crippen molar-refractivity contribution in [2.24, 2.45) is 0 Å². The number of aromatic nitrogens is 4. The quantitative estimate of drug-likeness (QED) is 0.603. The molecule has 0 spiro atoms. The molecule has 3 aromatic heterocycles. The number of carbonyl (C=O) groups is 1. The van der Waals surface area contributed by atoms with Gasteiger partial charge in [-0.15, -0.1) is 16.4 Å². The Kier molecular flexibility index (Phi) is 5.19. The Labute approximate surface area is 173 Å². The van der Waals surface area contributed by atoms with E-state index in [4.69, 9.17) is 4.74 Å². The van der Waals surface area contributed by atoms with Crippen LogP contribution < -0.4 is 10.2 Å². The van der Waals surface area contributed by atoms with Crippen LogP contribution in [0.5, 0.6) is 0 Å². The zero-order valence-electron chi connectivity index (χ0n) is 16.7. The lowest BCUT2D eigenvalue weighted by atomic mass is 9.87. The van der Waals surface area contributed by atoms with Gasteiger partial charge in [-0.25, -0.2) is 14.5 Å². The van der Waals surface area contributed by atoms with Gasteiger partial charge in [0.2, 0.25) is 5.82 Å². The van der Waals surface area contributed by atoms with E-state index in [-0.39, 0.29) is 11.7 Å². The van der Waals surface area contributed by atoms with Crippen LogP contribution in [0.2, 0.25) is 0 Å². The lowest BCUT2D eigenvalue weighted by Gasteiger charge is -2.23. The normalized spacial score (nSPS) is 20.2. The van der Waals surface area contributed by atoms with Crippen LogP contribution in [-0.2, 0) is 11.2 Å². The first-order valence-electron chi connectivity index (χ1n) is 10.6. The number of aryl methyl sites for hydroxylation is 1. The van der Waals surface area contributed by atoms with Crippen LogP contribution in [-0.4, -0.2) is 64.9 Å². The minimum atomic E-state index is -0.212. The largest absolute Gasteiger partial charge is 0.370 e. The third kappa shape index (κ3) is 3.62. The summed E-state index contributed by atoms with van der Waals surface area (Å²) < 4.78 is 7.04. The molecule has 0 aromatic carbocycles. The molecule has 0 radical (unpaired) electrons. The van der Waals surface area contributed by atoms with Gasteiger partial charge in [0, 0.05) is 17.8 Å². The number of rotatable bonds is 5. The van der Waals surface area contributed by atoms with Gasteiger partial charge in [-0.2, -0.15) is 0 Å². The zero-order chi connectivity index (χ0) is 19.8. The molecule has 5 rings (SSSR count). The van der Waals surface area contributed by atoms with E-state index >= 15 is 0 Å². The van der Waals surface area contributed by atoms with Gasteiger partial charge in [0.25, 0.3) is 5.91 Å². The Morgan fingerprint density at radius 2 is 2.28 bits per heavy atom. The maximum atomic E-state index is 12.6. The van der Waals surface area contributed by atoms with Gasteiger partial charge in [0.05, 0.1) is 25.1 Å². The molecule has 2 aliphatic rings. The number of thiophene rings is 1. The number of fused-ring (bicyclic) bond motifs is 5. The number of nitrogens with zero attached hydrogens (tertiary/aromatic N) is 4. The van der Waals surface area contributed by atoms with Crippen molar-refractivity contribution in [3.05, 3.63) is 22.6 Å². The number of carbonyl (C=O) groups excluding carboxylic acids is 1. The highest BCUT2D eigenvalue weighted by atomic mass is 32.1. The highest BCUT2D eigenvalue weighted by molar-refractivity contribution is 7.19. The average Bonchev–Trinajstić information content (AvgIpc) is 3.33. The summed E-state index contributed by atoms with van der Waals surface area (Å²) in [6.07, 6.45) is 6.14. The molecule has 4 heterocycles. The molecule has 1 saturated heterocycles. The summed E-state index contributed by atoms with van der Waals surface area (Å²) in [5.41, 5.74) is 2.12. The third-order valence-electron chi connectivity index (χ3n) is 6.07. The second-order valence-corrected chi connectivity index (χ2v) is 9.17. The zero-order valence-corrected chi connectivity index (χ0v) is 17.6. The lowest BCUT2D eigenvalue weighted by Crippen LogP contribution is -3.14. The van der Waals surface area contributed by atoms with Gasteiger partial charge in [-0.3, -0.25) is 4.79 Å². The number of nitrogens with one attached hydrogen (secondary N) is 2. The van der Waals surface area contributed by atoms with Crippen LogP contribution >= 0.6 is 11.3 Å². The van der Waals surface area contributed by atoms with Crippen LogP contribution in [0.3, 0.4) is 0 Å². The molecule has 1 amide bonds. The maximum absolute atomic E-state index is 12.6. The fraction of sp³-hybridized carbons (Fsp3) is 0.600. The molecule has 9 heteroatoms. The van der Waals surface area contributed by atoms with E-state index in [0.29, 0.717) is 12.5 Å². The first-order chi connectivity index (χ1) is 14.2. The van der Waals surface area contributed by atoms with Crippen molar-refractivity contribution in [1.82, 2.24) is 24.9 Å². The van der Waals surface area contributed by atoms with Gasteiger partial charge in [-0.1, -0.05) is 6.92 Å². The van der Waals surface area contributed by atoms with Crippen LogP contribution in [0.25, 0.3) is 15.9 Å². The summed E-state index contributed by atoms with van der Waals surface area (Å²) in [5, 5.41) is 8.46. The van der Waals surface area contributed by atoms with Gasteiger partial charge >= 0.3 is 0 Å². The lowest BCUT2D eigenvalue weighted by molar-refractivity contribution is -0.908. The van der Waals surface area contributed by atoms with E-state index in [9.17, 15) is 4.79 Å². The number of morpholine rings is 1. The molecule has 1 aliphatic heterocycles. The maximum Gasteiger partial charge on any atom is 0.290 e. The van der Waals surface area contributed by atoms with E-state index in [2.05, 4.69) is 27.3 Å². The van der Waals surface area contributed by atoms with E-state index in [1.54, 1.807) is 27.1 Å². The Morgan fingerprint density at radius 3 is 3.14 bits per heavy atom. The highest BCUT2D eigenvalue weighted by Crippen LogP contribution is 2.42. The fourth-order valence-electron chi connectivity index (χ4n) is 4.51. The monoisotopic (exact) mass is 415 g/mol.